The van der Waals surface area contributed by atoms with Crippen LogP contribution in [0.25, 0.3) is 0 Å². The molecular formula is C19H16ClFO5. The second-order valence-corrected chi connectivity index (χ2v) is 6.16. The summed E-state index contributed by atoms with van der Waals surface area (Å²) in [4.78, 5) is 24.7. The fraction of sp³-hybridized carbons (Fsp3) is 0.263. The van der Waals surface area contributed by atoms with Gasteiger partial charge in [-0.25, -0.2) is 9.18 Å². The molecular weight excluding hydrogens is 363 g/mol. The number of Topliss-reactive ketones (excluding diaryl/α,β-unsaturated/α-hetero) is 1. The van der Waals surface area contributed by atoms with E-state index in [9.17, 15) is 14.0 Å². The van der Waals surface area contributed by atoms with Gasteiger partial charge in [0.25, 0.3) is 0 Å². The van der Waals surface area contributed by atoms with Crippen molar-refractivity contribution in [1.82, 2.24) is 0 Å². The minimum atomic E-state index is -1.04. The predicted molar refractivity (Wildman–Crippen MR) is 92.7 cm³/mol. The van der Waals surface area contributed by atoms with Gasteiger partial charge in [0.05, 0.1) is 23.8 Å². The van der Waals surface area contributed by atoms with Gasteiger partial charge in [-0.05, 0) is 43.3 Å². The van der Waals surface area contributed by atoms with Crippen molar-refractivity contribution in [2.45, 2.75) is 19.4 Å². The van der Waals surface area contributed by atoms with Crippen LogP contribution in [0, 0.1) is 5.82 Å². The van der Waals surface area contributed by atoms with Crippen LogP contribution in [0.5, 0.6) is 11.5 Å². The number of hydrogen-bond acceptors (Lipinski definition) is 5. The van der Waals surface area contributed by atoms with E-state index in [2.05, 4.69) is 0 Å². The van der Waals surface area contributed by atoms with Gasteiger partial charge in [-0.15, -0.1) is 0 Å². The Morgan fingerprint density at radius 1 is 1.12 bits per heavy atom. The molecule has 0 aromatic heterocycles. The highest BCUT2D eigenvalue weighted by molar-refractivity contribution is 6.32. The minimum Gasteiger partial charge on any atom is -0.489 e. The zero-order valence-electron chi connectivity index (χ0n) is 14.0. The van der Waals surface area contributed by atoms with Gasteiger partial charge in [-0.2, -0.15) is 0 Å². The van der Waals surface area contributed by atoms with Crippen LogP contribution in [-0.2, 0) is 4.74 Å². The Bertz CT molecular complexity index is 835. The van der Waals surface area contributed by atoms with Crippen molar-refractivity contribution in [3.63, 3.8) is 0 Å². The van der Waals surface area contributed by atoms with Crippen LogP contribution in [0.3, 0.4) is 0 Å². The Morgan fingerprint density at radius 3 is 2.54 bits per heavy atom. The van der Waals surface area contributed by atoms with E-state index in [1.54, 1.807) is 0 Å². The Hall–Kier alpha value is -2.60. The van der Waals surface area contributed by atoms with Crippen LogP contribution in [0.15, 0.2) is 36.4 Å². The van der Waals surface area contributed by atoms with Crippen molar-refractivity contribution in [2.75, 3.05) is 13.2 Å². The lowest BCUT2D eigenvalue weighted by Gasteiger charge is -2.14. The SMILES string of the molecule is C[C@H](OC(=O)c1cc(Cl)c2c(c1)OCCCO2)C(=O)c1ccc(F)cc1. The summed E-state index contributed by atoms with van der Waals surface area (Å²) in [6, 6.07) is 7.91. The molecule has 1 aliphatic rings. The maximum atomic E-state index is 13.0. The minimum absolute atomic E-state index is 0.151. The molecule has 0 unspecified atom stereocenters. The van der Waals surface area contributed by atoms with Crippen LogP contribution >= 0.6 is 11.6 Å². The fourth-order valence-electron chi connectivity index (χ4n) is 2.48. The van der Waals surface area contributed by atoms with Crippen LogP contribution < -0.4 is 9.47 Å². The molecule has 0 spiro atoms. The number of ether oxygens (including phenoxy) is 3. The number of ketones is 1. The summed E-state index contributed by atoms with van der Waals surface area (Å²) in [5.74, 6) is -0.854. The summed E-state index contributed by atoms with van der Waals surface area (Å²) >= 11 is 6.16. The molecule has 1 heterocycles. The topological polar surface area (TPSA) is 61.8 Å². The van der Waals surface area contributed by atoms with Gasteiger partial charge in [0.15, 0.2) is 17.6 Å². The lowest BCUT2D eigenvalue weighted by molar-refractivity contribution is 0.0318. The highest BCUT2D eigenvalue weighted by Crippen LogP contribution is 2.38. The number of halogens is 2. The molecule has 0 bridgehead atoms. The summed E-state index contributed by atoms with van der Waals surface area (Å²) in [5, 5.41) is 0.230. The fourth-order valence-corrected chi connectivity index (χ4v) is 2.74. The molecule has 1 aliphatic heterocycles. The normalized spacial score (nSPS) is 14.3. The summed E-state index contributed by atoms with van der Waals surface area (Å²) < 4.78 is 29.2. The molecule has 5 nitrogen and oxygen atoms in total. The van der Waals surface area contributed by atoms with E-state index in [-0.39, 0.29) is 16.1 Å². The molecule has 136 valence electrons. The molecule has 7 heteroatoms. The Balaban J connectivity index is 1.75. The molecule has 0 N–H and O–H groups in total. The highest BCUT2D eigenvalue weighted by Gasteiger charge is 2.23. The Labute approximate surface area is 154 Å². The first-order valence-electron chi connectivity index (χ1n) is 8.05. The van der Waals surface area contributed by atoms with Crippen LogP contribution in [-0.4, -0.2) is 31.1 Å². The quantitative estimate of drug-likeness (QED) is 0.593. The first-order valence-corrected chi connectivity index (χ1v) is 8.43. The summed E-state index contributed by atoms with van der Waals surface area (Å²) in [5.41, 5.74) is 0.404. The molecule has 3 rings (SSSR count). The number of carbonyl (C=O) groups excluding carboxylic acids is 2. The molecule has 2 aromatic carbocycles. The standard InChI is InChI=1S/C19H16ClFO5/c1-11(17(22)12-3-5-14(21)6-4-12)26-19(23)13-9-15(20)18-16(10-13)24-7-2-8-25-18/h3-6,9-11H,2,7-8H2,1H3/t11-/m0/s1. The monoisotopic (exact) mass is 378 g/mol. The maximum Gasteiger partial charge on any atom is 0.339 e. The number of esters is 1. The third-order valence-corrected chi connectivity index (χ3v) is 4.10. The third kappa shape index (κ3) is 3.96. The Morgan fingerprint density at radius 2 is 1.81 bits per heavy atom. The van der Waals surface area contributed by atoms with Gasteiger partial charge in [0, 0.05) is 12.0 Å². The van der Waals surface area contributed by atoms with Crippen LogP contribution in [0.2, 0.25) is 5.02 Å². The van der Waals surface area contributed by atoms with Gasteiger partial charge in [0.1, 0.15) is 5.82 Å². The second kappa shape index (κ2) is 7.74. The zero-order valence-corrected chi connectivity index (χ0v) is 14.7. The number of benzene rings is 2. The molecule has 0 radical (unpaired) electrons. The molecule has 0 fully saturated rings. The van der Waals surface area contributed by atoms with Crippen molar-refractivity contribution in [3.8, 4) is 11.5 Å². The average Bonchev–Trinajstić information content (AvgIpc) is 2.87. The van der Waals surface area contributed by atoms with Crippen molar-refractivity contribution in [3.05, 3.63) is 58.4 Å². The number of rotatable bonds is 4. The lowest BCUT2D eigenvalue weighted by atomic mass is 10.1. The van der Waals surface area contributed by atoms with Gasteiger partial charge in [-0.1, -0.05) is 11.6 Å². The van der Waals surface area contributed by atoms with E-state index in [0.29, 0.717) is 31.1 Å². The molecule has 0 amide bonds. The molecule has 0 saturated heterocycles. The van der Waals surface area contributed by atoms with E-state index < -0.39 is 23.7 Å². The zero-order chi connectivity index (χ0) is 18.7. The molecule has 0 saturated carbocycles. The van der Waals surface area contributed by atoms with Crippen molar-refractivity contribution < 1.29 is 28.2 Å². The largest absolute Gasteiger partial charge is 0.489 e. The number of fused-ring (bicyclic) bond motifs is 1. The molecule has 0 aliphatic carbocycles. The third-order valence-electron chi connectivity index (χ3n) is 3.82. The van der Waals surface area contributed by atoms with Gasteiger partial charge >= 0.3 is 5.97 Å². The predicted octanol–water partition coefficient (Wildman–Crippen LogP) is 4.07. The van der Waals surface area contributed by atoms with E-state index in [0.717, 1.165) is 0 Å². The van der Waals surface area contributed by atoms with E-state index in [1.807, 2.05) is 0 Å². The first kappa shape index (κ1) is 18.2. The smallest absolute Gasteiger partial charge is 0.339 e. The summed E-state index contributed by atoms with van der Waals surface area (Å²) in [6.45, 7) is 2.37. The van der Waals surface area contributed by atoms with Gasteiger partial charge < -0.3 is 14.2 Å². The molecule has 1 atom stereocenters. The summed E-state index contributed by atoms with van der Waals surface area (Å²) in [7, 11) is 0. The molecule has 26 heavy (non-hydrogen) atoms. The lowest BCUT2D eigenvalue weighted by Crippen LogP contribution is -2.24. The van der Waals surface area contributed by atoms with E-state index >= 15 is 0 Å². The summed E-state index contributed by atoms with van der Waals surface area (Å²) in [6.07, 6.45) is -0.337. The van der Waals surface area contributed by atoms with E-state index in [4.69, 9.17) is 25.8 Å². The second-order valence-electron chi connectivity index (χ2n) is 5.75. The van der Waals surface area contributed by atoms with E-state index in [1.165, 1.54) is 43.3 Å². The van der Waals surface area contributed by atoms with Crippen LogP contribution in [0.1, 0.15) is 34.1 Å². The highest BCUT2D eigenvalue weighted by atomic mass is 35.5. The Kier molecular flexibility index (Phi) is 5.42. The van der Waals surface area contributed by atoms with Crippen molar-refractivity contribution in [1.29, 1.82) is 0 Å². The number of hydrogen-bond donors (Lipinski definition) is 0. The van der Waals surface area contributed by atoms with Crippen LogP contribution in [0.4, 0.5) is 4.39 Å². The van der Waals surface area contributed by atoms with Crippen molar-refractivity contribution >= 4 is 23.4 Å². The van der Waals surface area contributed by atoms with Crippen molar-refractivity contribution in [2.24, 2.45) is 0 Å². The average molecular weight is 379 g/mol. The van der Waals surface area contributed by atoms with Gasteiger partial charge in [0.2, 0.25) is 5.78 Å². The first-order chi connectivity index (χ1) is 12.5. The van der Waals surface area contributed by atoms with Gasteiger partial charge in [-0.3, -0.25) is 4.79 Å². The molecule has 2 aromatic rings. The maximum absolute atomic E-state index is 13.0. The number of carbonyl (C=O) groups is 2.